The summed E-state index contributed by atoms with van der Waals surface area (Å²) in [5.41, 5.74) is 6.24. The quantitative estimate of drug-likeness (QED) is 0.811. The Bertz CT molecular complexity index is 329. The maximum Gasteiger partial charge on any atom is 0.227 e. The van der Waals surface area contributed by atoms with Gasteiger partial charge < -0.3 is 15.6 Å². The van der Waals surface area contributed by atoms with Gasteiger partial charge >= 0.3 is 0 Å². The van der Waals surface area contributed by atoms with E-state index in [4.69, 9.17) is 5.73 Å². The van der Waals surface area contributed by atoms with E-state index in [9.17, 15) is 4.79 Å². The number of anilines is 1. The molecule has 5 heteroatoms. The summed E-state index contributed by atoms with van der Waals surface area (Å²) in [5.74, 6) is 0.774. The van der Waals surface area contributed by atoms with E-state index in [0.717, 1.165) is 32.2 Å². The predicted molar refractivity (Wildman–Crippen MR) is 59.6 cm³/mol. The monoisotopic (exact) mass is 223 g/mol. The molecule has 0 unspecified atom stereocenters. The molecule has 0 radical (unpaired) electrons. The van der Waals surface area contributed by atoms with Crippen molar-refractivity contribution in [1.29, 1.82) is 0 Å². The Morgan fingerprint density at radius 2 is 2.25 bits per heavy atom. The van der Waals surface area contributed by atoms with Crippen LogP contribution in [0.2, 0.25) is 0 Å². The Morgan fingerprint density at radius 3 is 2.81 bits per heavy atom. The summed E-state index contributed by atoms with van der Waals surface area (Å²) in [7, 11) is 0. The normalized spacial score (nSPS) is 25.3. The highest BCUT2D eigenvalue weighted by atomic mass is 16.5. The van der Waals surface area contributed by atoms with E-state index in [1.54, 1.807) is 0 Å². The van der Waals surface area contributed by atoms with Gasteiger partial charge in [0, 0.05) is 5.92 Å². The molecule has 3 N–H and O–H groups in total. The van der Waals surface area contributed by atoms with Gasteiger partial charge in [-0.05, 0) is 38.1 Å². The van der Waals surface area contributed by atoms with E-state index < -0.39 is 0 Å². The van der Waals surface area contributed by atoms with Crippen LogP contribution in [0, 0.1) is 11.8 Å². The largest absolute Gasteiger partial charge is 0.363 e. The molecule has 16 heavy (non-hydrogen) atoms. The molecule has 0 bridgehead atoms. The zero-order valence-corrected chi connectivity index (χ0v) is 9.19. The van der Waals surface area contributed by atoms with Crippen LogP contribution in [0.3, 0.4) is 0 Å². The topological polar surface area (TPSA) is 81.2 Å². The standard InChI is InChI=1S/C11H17N3O2/c12-5-8-1-3-9(4-2-8)11(15)14-10-6-13-16-7-10/h6-9H,1-5,12H2,(H,14,15). The summed E-state index contributed by atoms with van der Waals surface area (Å²) < 4.78 is 4.66. The highest BCUT2D eigenvalue weighted by Gasteiger charge is 2.25. The fourth-order valence-corrected chi connectivity index (χ4v) is 2.17. The maximum absolute atomic E-state index is 11.8. The number of nitrogens with zero attached hydrogens (tertiary/aromatic N) is 1. The van der Waals surface area contributed by atoms with Crippen molar-refractivity contribution in [2.75, 3.05) is 11.9 Å². The number of hydrogen-bond donors (Lipinski definition) is 2. The van der Waals surface area contributed by atoms with Crippen molar-refractivity contribution in [2.24, 2.45) is 17.6 Å². The first-order valence-electron chi connectivity index (χ1n) is 5.70. The minimum atomic E-state index is 0.0682. The summed E-state index contributed by atoms with van der Waals surface area (Å²) in [6.45, 7) is 0.736. The van der Waals surface area contributed by atoms with E-state index in [1.807, 2.05) is 0 Å². The number of nitrogens with one attached hydrogen (secondary N) is 1. The van der Waals surface area contributed by atoms with Crippen molar-refractivity contribution >= 4 is 11.6 Å². The predicted octanol–water partition coefficient (Wildman–Crippen LogP) is 1.38. The van der Waals surface area contributed by atoms with Crippen LogP contribution in [0.25, 0.3) is 0 Å². The first-order chi connectivity index (χ1) is 7.79. The molecule has 1 aliphatic carbocycles. The van der Waals surface area contributed by atoms with Gasteiger partial charge in [0.2, 0.25) is 5.91 Å². The lowest BCUT2D eigenvalue weighted by atomic mass is 9.81. The smallest absolute Gasteiger partial charge is 0.227 e. The Kier molecular flexibility index (Phi) is 3.56. The van der Waals surface area contributed by atoms with Crippen LogP contribution in [0.5, 0.6) is 0 Å². The fraction of sp³-hybridized carbons (Fsp3) is 0.636. The van der Waals surface area contributed by atoms with Gasteiger partial charge in [0.15, 0.2) is 0 Å². The van der Waals surface area contributed by atoms with Crippen molar-refractivity contribution in [3.8, 4) is 0 Å². The number of aromatic nitrogens is 1. The average molecular weight is 223 g/mol. The zero-order chi connectivity index (χ0) is 11.4. The van der Waals surface area contributed by atoms with Crippen molar-refractivity contribution in [1.82, 2.24) is 5.16 Å². The molecule has 0 aliphatic heterocycles. The third kappa shape index (κ3) is 2.61. The average Bonchev–Trinajstić information content (AvgIpc) is 2.82. The molecule has 0 saturated heterocycles. The molecule has 0 aromatic carbocycles. The summed E-state index contributed by atoms with van der Waals surface area (Å²) in [5, 5.41) is 6.34. The number of amides is 1. The molecule has 0 atom stereocenters. The molecule has 1 heterocycles. The summed E-state index contributed by atoms with van der Waals surface area (Å²) in [6.07, 6.45) is 6.90. The van der Waals surface area contributed by atoms with E-state index in [0.29, 0.717) is 11.6 Å². The lowest BCUT2D eigenvalue weighted by molar-refractivity contribution is -0.121. The molecule has 2 rings (SSSR count). The molecular formula is C11H17N3O2. The number of carbonyl (C=O) groups is 1. The fourth-order valence-electron chi connectivity index (χ4n) is 2.17. The molecule has 88 valence electrons. The Labute approximate surface area is 94.4 Å². The first kappa shape index (κ1) is 11.1. The van der Waals surface area contributed by atoms with Crippen LogP contribution in [0.15, 0.2) is 17.0 Å². The third-order valence-electron chi connectivity index (χ3n) is 3.25. The zero-order valence-electron chi connectivity index (χ0n) is 9.19. The number of rotatable bonds is 3. The second-order valence-electron chi connectivity index (χ2n) is 4.36. The Hall–Kier alpha value is -1.36. The highest BCUT2D eigenvalue weighted by molar-refractivity contribution is 5.92. The van der Waals surface area contributed by atoms with Crippen molar-refractivity contribution in [2.45, 2.75) is 25.7 Å². The first-order valence-corrected chi connectivity index (χ1v) is 5.70. The third-order valence-corrected chi connectivity index (χ3v) is 3.25. The summed E-state index contributed by atoms with van der Waals surface area (Å²) >= 11 is 0. The van der Waals surface area contributed by atoms with Crippen LogP contribution >= 0.6 is 0 Å². The molecule has 1 saturated carbocycles. The van der Waals surface area contributed by atoms with E-state index >= 15 is 0 Å². The van der Waals surface area contributed by atoms with Crippen LogP contribution < -0.4 is 11.1 Å². The van der Waals surface area contributed by atoms with Crippen LogP contribution in [-0.2, 0) is 4.79 Å². The van der Waals surface area contributed by atoms with Gasteiger partial charge in [-0.1, -0.05) is 5.16 Å². The van der Waals surface area contributed by atoms with Crippen molar-refractivity contribution in [3.63, 3.8) is 0 Å². The highest BCUT2D eigenvalue weighted by Crippen LogP contribution is 2.28. The molecule has 0 spiro atoms. The summed E-state index contributed by atoms with van der Waals surface area (Å²) in [4.78, 5) is 11.8. The van der Waals surface area contributed by atoms with Gasteiger partial charge in [0.25, 0.3) is 0 Å². The van der Waals surface area contributed by atoms with Gasteiger partial charge in [0.05, 0.1) is 6.20 Å². The SMILES string of the molecule is NCC1CCC(C(=O)Nc2cnoc2)CC1. The van der Waals surface area contributed by atoms with Crippen molar-refractivity contribution < 1.29 is 9.32 Å². The lowest BCUT2D eigenvalue weighted by Crippen LogP contribution is -2.29. The number of nitrogens with two attached hydrogens (primary N) is 1. The van der Waals surface area contributed by atoms with Crippen LogP contribution in [0.4, 0.5) is 5.69 Å². The minimum absolute atomic E-state index is 0.0682. The molecule has 1 aliphatic rings. The number of hydrogen-bond acceptors (Lipinski definition) is 4. The van der Waals surface area contributed by atoms with E-state index in [1.165, 1.54) is 12.5 Å². The van der Waals surface area contributed by atoms with Gasteiger partial charge in [-0.2, -0.15) is 0 Å². The number of carbonyl (C=O) groups excluding carboxylic acids is 1. The minimum Gasteiger partial charge on any atom is -0.363 e. The maximum atomic E-state index is 11.8. The molecule has 1 aromatic rings. The Balaban J connectivity index is 1.82. The molecule has 1 aromatic heterocycles. The van der Waals surface area contributed by atoms with Gasteiger partial charge in [-0.3, -0.25) is 4.79 Å². The van der Waals surface area contributed by atoms with E-state index in [-0.39, 0.29) is 11.8 Å². The van der Waals surface area contributed by atoms with Crippen LogP contribution in [-0.4, -0.2) is 17.6 Å². The van der Waals surface area contributed by atoms with Crippen LogP contribution in [0.1, 0.15) is 25.7 Å². The molecule has 1 fully saturated rings. The summed E-state index contributed by atoms with van der Waals surface area (Å²) in [6, 6.07) is 0. The lowest BCUT2D eigenvalue weighted by Gasteiger charge is -2.26. The van der Waals surface area contributed by atoms with Gasteiger partial charge in [-0.15, -0.1) is 0 Å². The van der Waals surface area contributed by atoms with Crippen molar-refractivity contribution in [3.05, 3.63) is 12.5 Å². The second-order valence-corrected chi connectivity index (χ2v) is 4.36. The van der Waals surface area contributed by atoms with Gasteiger partial charge in [0.1, 0.15) is 12.0 Å². The molecule has 1 amide bonds. The van der Waals surface area contributed by atoms with Gasteiger partial charge in [-0.25, -0.2) is 0 Å². The molecular weight excluding hydrogens is 206 g/mol. The second kappa shape index (κ2) is 5.12. The molecule has 5 nitrogen and oxygen atoms in total. The Morgan fingerprint density at radius 1 is 1.50 bits per heavy atom. The van der Waals surface area contributed by atoms with E-state index in [2.05, 4.69) is 15.0 Å².